The minimum atomic E-state index is -0.0974. The lowest BCUT2D eigenvalue weighted by atomic mass is 10.0. The predicted molar refractivity (Wildman–Crippen MR) is 73.7 cm³/mol. The summed E-state index contributed by atoms with van der Waals surface area (Å²) in [4.78, 5) is 9.03. The van der Waals surface area contributed by atoms with Crippen LogP contribution in [-0.2, 0) is 12.0 Å². The van der Waals surface area contributed by atoms with Crippen LogP contribution in [0, 0.1) is 0 Å². The van der Waals surface area contributed by atoms with Crippen LogP contribution < -0.4 is 5.73 Å². The molecule has 3 aliphatic rings. The van der Waals surface area contributed by atoms with Gasteiger partial charge in [-0.05, 0) is 32.7 Å². The van der Waals surface area contributed by atoms with Crippen molar-refractivity contribution in [3.8, 4) is 0 Å². The van der Waals surface area contributed by atoms with Gasteiger partial charge in [0.05, 0.1) is 11.2 Å². The van der Waals surface area contributed by atoms with Crippen LogP contribution in [0.3, 0.4) is 0 Å². The van der Waals surface area contributed by atoms with Crippen LogP contribution in [0.5, 0.6) is 0 Å². The first kappa shape index (κ1) is 11.4. The number of nitrogens with two attached hydrogens (primary N) is 1. The van der Waals surface area contributed by atoms with Crippen molar-refractivity contribution in [1.29, 1.82) is 0 Å². The summed E-state index contributed by atoms with van der Waals surface area (Å²) < 4.78 is 0. The monoisotopic (exact) mass is 263 g/mol. The number of aromatic nitrogens is 1. The van der Waals surface area contributed by atoms with Crippen molar-refractivity contribution in [1.82, 2.24) is 9.88 Å². The lowest BCUT2D eigenvalue weighted by Crippen LogP contribution is -2.34. The Morgan fingerprint density at radius 3 is 2.89 bits per heavy atom. The summed E-state index contributed by atoms with van der Waals surface area (Å²) in [7, 11) is 2.28. The lowest BCUT2D eigenvalue weighted by Gasteiger charge is -2.29. The highest BCUT2D eigenvalue weighted by Crippen LogP contribution is 2.47. The number of likely N-dealkylation sites (N-methyl/N-ethyl adjacent to an activating group) is 1. The van der Waals surface area contributed by atoms with E-state index in [-0.39, 0.29) is 5.54 Å². The number of fused-ring (bicyclic) bond motifs is 4. The second kappa shape index (κ2) is 3.78. The highest BCUT2D eigenvalue weighted by Gasteiger charge is 2.42. The van der Waals surface area contributed by atoms with Crippen LogP contribution in [0.25, 0.3) is 0 Å². The molecule has 4 rings (SSSR count). The molecule has 0 aromatic carbocycles. The molecule has 1 saturated carbocycles. The largest absolute Gasteiger partial charge is 0.319 e. The first-order valence-electron chi connectivity index (χ1n) is 7.18. The summed E-state index contributed by atoms with van der Waals surface area (Å²) in [6, 6.07) is 1.37. The van der Waals surface area contributed by atoms with Crippen molar-refractivity contribution in [2.24, 2.45) is 5.73 Å². The summed E-state index contributed by atoms with van der Waals surface area (Å²) in [6.45, 7) is 0. The molecule has 2 bridgehead atoms. The summed E-state index contributed by atoms with van der Waals surface area (Å²) in [5, 5.41) is 1.23. The van der Waals surface area contributed by atoms with E-state index in [0.717, 1.165) is 25.3 Å². The summed E-state index contributed by atoms with van der Waals surface area (Å²) in [5.74, 6) is 0. The zero-order valence-corrected chi connectivity index (χ0v) is 11.8. The van der Waals surface area contributed by atoms with E-state index in [9.17, 15) is 0 Å². The number of nitrogens with zero attached hydrogens (tertiary/aromatic N) is 2. The normalized spacial score (nSPS) is 33.9. The molecule has 2 aliphatic heterocycles. The van der Waals surface area contributed by atoms with Crippen LogP contribution in [0.15, 0.2) is 0 Å². The van der Waals surface area contributed by atoms with E-state index in [1.165, 1.54) is 41.3 Å². The molecule has 1 aliphatic carbocycles. The van der Waals surface area contributed by atoms with E-state index < -0.39 is 0 Å². The zero-order chi connectivity index (χ0) is 12.3. The molecule has 0 radical (unpaired) electrons. The van der Waals surface area contributed by atoms with E-state index >= 15 is 0 Å². The third-order valence-electron chi connectivity index (χ3n) is 5.22. The van der Waals surface area contributed by atoms with Crippen molar-refractivity contribution < 1.29 is 0 Å². The van der Waals surface area contributed by atoms with Gasteiger partial charge < -0.3 is 5.73 Å². The maximum Gasteiger partial charge on any atom is 0.113 e. The Morgan fingerprint density at radius 2 is 2.11 bits per heavy atom. The number of rotatable bonds is 1. The first-order chi connectivity index (χ1) is 8.67. The first-order valence-corrected chi connectivity index (χ1v) is 8.00. The summed E-state index contributed by atoms with van der Waals surface area (Å²) in [5.41, 5.74) is 7.83. The van der Waals surface area contributed by atoms with Crippen molar-refractivity contribution in [3.63, 3.8) is 0 Å². The molecule has 2 atom stereocenters. The third-order valence-corrected chi connectivity index (χ3v) is 6.64. The molecule has 18 heavy (non-hydrogen) atoms. The highest BCUT2D eigenvalue weighted by atomic mass is 32.1. The maximum atomic E-state index is 6.56. The molecule has 1 aromatic rings. The van der Waals surface area contributed by atoms with Gasteiger partial charge in [0.25, 0.3) is 0 Å². The van der Waals surface area contributed by atoms with Gasteiger partial charge in [-0.2, -0.15) is 0 Å². The Bertz CT molecular complexity index is 475. The minimum Gasteiger partial charge on any atom is -0.319 e. The molecular weight excluding hydrogens is 242 g/mol. The van der Waals surface area contributed by atoms with Gasteiger partial charge in [0.15, 0.2) is 0 Å². The Labute approximate surface area is 112 Å². The molecule has 0 amide bonds. The quantitative estimate of drug-likeness (QED) is 0.846. The summed E-state index contributed by atoms with van der Waals surface area (Å²) >= 11 is 1.92. The fourth-order valence-corrected chi connectivity index (χ4v) is 5.44. The number of hydrogen-bond acceptors (Lipinski definition) is 4. The van der Waals surface area contributed by atoms with Crippen LogP contribution >= 0.6 is 11.3 Å². The van der Waals surface area contributed by atoms with Gasteiger partial charge in [-0.1, -0.05) is 12.8 Å². The van der Waals surface area contributed by atoms with Gasteiger partial charge in [0.1, 0.15) is 5.01 Å². The Kier molecular flexibility index (Phi) is 2.39. The Balaban J connectivity index is 1.74. The van der Waals surface area contributed by atoms with Crippen LogP contribution in [0.2, 0.25) is 0 Å². The number of thiazole rings is 1. The van der Waals surface area contributed by atoms with Gasteiger partial charge in [0, 0.05) is 23.4 Å². The van der Waals surface area contributed by atoms with Crippen LogP contribution in [0.1, 0.15) is 60.1 Å². The van der Waals surface area contributed by atoms with Gasteiger partial charge in [-0.25, -0.2) is 4.98 Å². The van der Waals surface area contributed by atoms with Crippen LogP contribution in [0.4, 0.5) is 0 Å². The molecule has 1 aromatic heterocycles. The Hall–Kier alpha value is -0.450. The zero-order valence-electron chi connectivity index (χ0n) is 11.0. The molecule has 98 valence electrons. The maximum absolute atomic E-state index is 6.56. The average Bonchev–Trinajstić information content (AvgIpc) is 3.01. The van der Waals surface area contributed by atoms with Crippen molar-refractivity contribution in [2.45, 2.75) is 62.6 Å². The van der Waals surface area contributed by atoms with E-state index in [1.807, 2.05) is 11.3 Å². The minimum absolute atomic E-state index is 0.0974. The van der Waals surface area contributed by atoms with E-state index in [4.69, 9.17) is 10.7 Å². The molecular formula is C14H21N3S. The van der Waals surface area contributed by atoms with Crippen molar-refractivity contribution in [3.05, 3.63) is 15.6 Å². The fourth-order valence-electron chi connectivity index (χ4n) is 4.00. The average molecular weight is 263 g/mol. The standard InChI is InChI=1S/C14H21N3S/c1-17-9-4-5-11(17)12-10(8-9)16-13(18-12)14(15)6-2-3-7-14/h9,11H,2-8,15H2,1H3. The molecule has 4 heteroatoms. The smallest absolute Gasteiger partial charge is 0.113 e. The molecule has 0 spiro atoms. The summed E-state index contributed by atoms with van der Waals surface area (Å²) in [6.07, 6.45) is 8.60. The molecule has 1 saturated heterocycles. The predicted octanol–water partition coefficient (Wildman–Crippen LogP) is 2.56. The highest BCUT2D eigenvalue weighted by molar-refractivity contribution is 7.12. The third kappa shape index (κ3) is 1.46. The molecule has 3 nitrogen and oxygen atoms in total. The van der Waals surface area contributed by atoms with Gasteiger partial charge in [0.2, 0.25) is 0 Å². The van der Waals surface area contributed by atoms with Crippen molar-refractivity contribution >= 4 is 11.3 Å². The number of hydrogen-bond donors (Lipinski definition) is 1. The molecule has 2 fully saturated rings. The van der Waals surface area contributed by atoms with Gasteiger partial charge >= 0.3 is 0 Å². The molecule has 2 unspecified atom stereocenters. The van der Waals surface area contributed by atoms with Crippen LogP contribution in [-0.4, -0.2) is 23.0 Å². The second-order valence-electron chi connectivity index (χ2n) is 6.31. The van der Waals surface area contributed by atoms with E-state index in [0.29, 0.717) is 6.04 Å². The van der Waals surface area contributed by atoms with E-state index in [2.05, 4.69) is 11.9 Å². The molecule has 2 N–H and O–H groups in total. The SMILES string of the molecule is CN1C2CCC1c1sc(C3(N)CCCC3)nc1C2. The fraction of sp³-hybridized carbons (Fsp3) is 0.786. The van der Waals surface area contributed by atoms with Gasteiger partial charge in [-0.3, -0.25) is 4.90 Å². The van der Waals surface area contributed by atoms with Crippen molar-refractivity contribution in [2.75, 3.05) is 7.05 Å². The molecule has 3 heterocycles. The van der Waals surface area contributed by atoms with Gasteiger partial charge in [-0.15, -0.1) is 11.3 Å². The Morgan fingerprint density at radius 1 is 1.33 bits per heavy atom. The van der Waals surface area contributed by atoms with E-state index in [1.54, 1.807) is 0 Å². The second-order valence-corrected chi connectivity index (χ2v) is 7.34. The lowest BCUT2D eigenvalue weighted by molar-refractivity contribution is 0.226. The topological polar surface area (TPSA) is 42.1 Å².